The summed E-state index contributed by atoms with van der Waals surface area (Å²) in [6.07, 6.45) is 2.06. The van der Waals surface area contributed by atoms with Crippen LogP contribution in [0.1, 0.15) is 13.3 Å². The van der Waals surface area contributed by atoms with Crippen molar-refractivity contribution in [3.63, 3.8) is 0 Å². The topological polar surface area (TPSA) is 93.4 Å². The van der Waals surface area contributed by atoms with Crippen LogP contribution >= 0.6 is 0 Å². The summed E-state index contributed by atoms with van der Waals surface area (Å²) in [5, 5.41) is 2.33. The molecular weight excluding hydrogens is 263 g/mol. The zero-order chi connectivity index (χ0) is 13.8. The molecule has 1 heterocycles. The molecule has 0 radical (unpaired) electrons. The summed E-state index contributed by atoms with van der Waals surface area (Å²) in [7, 11) is -2.42. The highest BCUT2D eigenvalue weighted by molar-refractivity contribution is 7.89. The Morgan fingerprint density at radius 2 is 2.28 bits per heavy atom. The molecule has 1 rings (SSSR count). The van der Waals surface area contributed by atoms with Gasteiger partial charge in [-0.05, 0) is 6.42 Å². The molecule has 0 aliphatic rings. The smallest absolute Gasteiger partial charge is 0.329 e. The molecule has 0 aliphatic heterocycles. The summed E-state index contributed by atoms with van der Waals surface area (Å²) < 4.78 is 37.1. The highest BCUT2D eigenvalue weighted by atomic mass is 32.2. The SMILES string of the molecule is CCCS(=O)(=O)n1cc(F)c(NC=NC)nc1=O. The minimum Gasteiger partial charge on any atom is -0.329 e. The molecule has 0 aromatic carbocycles. The van der Waals surface area contributed by atoms with Gasteiger partial charge in [-0.1, -0.05) is 6.92 Å². The van der Waals surface area contributed by atoms with E-state index in [-0.39, 0.29) is 11.6 Å². The van der Waals surface area contributed by atoms with Crippen molar-refractivity contribution in [2.24, 2.45) is 4.99 Å². The number of nitrogens with zero attached hydrogens (tertiary/aromatic N) is 3. The Hall–Kier alpha value is -1.77. The third-order valence-corrected chi connectivity index (χ3v) is 3.73. The van der Waals surface area contributed by atoms with Crippen LogP contribution in [0.5, 0.6) is 0 Å². The Morgan fingerprint density at radius 1 is 1.61 bits per heavy atom. The lowest BCUT2D eigenvalue weighted by Crippen LogP contribution is -2.32. The van der Waals surface area contributed by atoms with Crippen molar-refractivity contribution in [2.45, 2.75) is 13.3 Å². The van der Waals surface area contributed by atoms with Crippen LogP contribution in [0.4, 0.5) is 10.2 Å². The number of anilines is 1. The van der Waals surface area contributed by atoms with Crippen LogP contribution < -0.4 is 11.0 Å². The maximum atomic E-state index is 13.5. The van der Waals surface area contributed by atoms with Gasteiger partial charge in [0, 0.05) is 7.05 Å². The molecule has 0 atom stereocenters. The van der Waals surface area contributed by atoms with Crippen molar-refractivity contribution in [3.05, 3.63) is 22.5 Å². The van der Waals surface area contributed by atoms with Crippen LogP contribution in [0, 0.1) is 5.82 Å². The van der Waals surface area contributed by atoms with Crippen LogP contribution in [0.2, 0.25) is 0 Å². The molecule has 0 bridgehead atoms. The van der Waals surface area contributed by atoms with E-state index in [2.05, 4.69) is 15.3 Å². The van der Waals surface area contributed by atoms with Crippen molar-refractivity contribution in [2.75, 3.05) is 18.1 Å². The molecule has 0 fully saturated rings. The first kappa shape index (κ1) is 14.3. The van der Waals surface area contributed by atoms with Gasteiger partial charge in [-0.2, -0.15) is 8.96 Å². The van der Waals surface area contributed by atoms with E-state index in [4.69, 9.17) is 0 Å². The highest BCUT2D eigenvalue weighted by Crippen LogP contribution is 2.07. The van der Waals surface area contributed by atoms with Gasteiger partial charge in [-0.3, -0.25) is 4.99 Å². The van der Waals surface area contributed by atoms with Gasteiger partial charge in [-0.15, -0.1) is 0 Å². The quantitative estimate of drug-likeness (QED) is 0.605. The number of rotatable bonds is 5. The summed E-state index contributed by atoms with van der Waals surface area (Å²) in [5.74, 6) is -1.57. The van der Waals surface area contributed by atoms with Crippen LogP contribution in [-0.4, -0.2) is 36.5 Å². The lowest BCUT2D eigenvalue weighted by atomic mass is 10.5. The predicted molar refractivity (Wildman–Crippen MR) is 66.0 cm³/mol. The normalized spacial score (nSPS) is 11.9. The highest BCUT2D eigenvalue weighted by Gasteiger charge is 2.17. The van der Waals surface area contributed by atoms with Crippen molar-refractivity contribution in [3.8, 4) is 0 Å². The molecule has 1 aromatic heterocycles. The Kier molecular flexibility index (Phi) is 4.54. The van der Waals surface area contributed by atoms with E-state index < -0.39 is 21.5 Å². The third-order valence-electron chi connectivity index (χ3n) is 1.94. The van der Waals surface area contributed by atoms with Crippen LogP contribution in [0.25, 0.3) is 0 Å². The number of hydrogen-bond acceptors (Lipinski definition) is 5. The second kappa shape index (κ2) is 5.71. The van der Waals surface area contributed by atoms with E-state index >= 15 is 0 Å². The van der Waals surface area contributed by atoms with E-state index in [0.29, 0.717) is 16.6 Å². The molecule has 7 nitrogen and oxygen atoms in total. The van der Waals surface area contributed by atoms with Crippen molar-refractivity contribution < 1.29 is 12.8 Å². The lowest BCUT2D eigenvalue weighted by Gasteiger charge is -2.07. The van der Waals surface area contributed by atoms with E-state index in [1.807, 2.05) is 0 Å². The number of nitrogens with one attached hydrogen (secondary N) is 1. The molecule has 0 amide bonds. The van der Waals surface area contributed by atoms with Gasteiger partial charge in [0.1, 0.15) is 0 Å². The Bertz CT molecular complexity index is 609. The first-order chi connectivity index (χ1) is 8.42. The van der Waals surface area contributed by atoms with E-state index in [9.17, 15) is 17.6 Å². The summed E-state index contributed by atoms with van der Waals surface area (Å²) in [5.41, 5.74) is -1.06. The molecule has 0 saturated carbocycles. The first-order valence-electron chi connectivity index (χ1n) is 5.12. The summed E-state index contributed by atoms with van der Waals surface area (Å²) >= 11 is 0. The second-order valence-corrected chi connectivity index (χ2v) is 5.33. The Balaban J connectivity index is 3.27. The van der Waals surface area contributed by atoms with E-state index in [1.54, 1.807) is 6.92 Å². The standard InChI is InChI=1S/C9H13FN4O3S/c1-3-4-18(16,17)14-5-7(10)8(12-6-11-2)13-9(14)15/h5-6H,3-4H2,1-2H3,(H,11,12,13,15). The molecule has 1 aromatic rings. The fourth-order valence-corrected chi connectivity index (χ4v) is 2.44. The van der Waals surface area contributed by atoms with Crippen molar-refractivity contribution >= 4 is 22.2 Å². The molecule has 100 valence electrons. The van der Waals surface area contributed by atoms with Crippen LogP contribution in [0.15, 0.2) is 16.0 Å². The van der Waals surface area contributed by atoms with Gasteiger partial charge in [0.05, 0.1) is 18.3 Å². The van der Waals surface area contributed by atoms with Gasteiger partial charge in [0.25, 0.3) is 0 Å². The van der Waals surface area contributed by atoms with Gasteiger partial charge in [-0.25, -0.2) is 17.6 Å². The maximum Gasteiger partial charge on any atom is 0.363 e. The maximum absolute atomic E-state index is 13.5. The molecule has 9 heteroatoms. The average Bonchev–Trinajstić information content (AvgIpc) is 2.29. The number of aromatic nitrogens is 2. The zero-order valence-corrected chi connectivity index (χ0v) is 10.7. The van der Waals surface area contributed by atoms with Crippen molar-refractivity contribution in [1.82, 2.24) is 8.96 Å². The molecule has 0 unspecified atom stereocenters. The number of halogens is 1. The molecule has 0 spiro atoms. The molecule has 0 saturated heterocycles. The average molecular weight is 276 g/mol. The van der Waals surface area contributed by atoms with Crippen LogP contribution in [0.3, 0.4) is 0 Å². The fraction of sp³-hybridized carbons (Fsp3) is 0.444. The molecule has 1 N–H and O–H groups in total. The lowest BCUT2D eigenvalue weighted by molar-refractivity contribution is 0.571. The number of hydrogen-bond donors (Lipinski definition) is 1. The van der Waals surface area contributed by atoms with Crippen LogP contribution in [-0.2, 0) is 10.0 Å². The van der Waals surface area contributed by atoms with E-state index in [0.717, 1.165) is 6.34 Å². The monoisotopic (exact) mass is 276 g/mol. The molecule has 18 heavy (non-hydrogen) atoms. The Morgan fingerprint density at radius 3 is 2.83 bits per heavy atom. The second-order valence-electron chi connectivity index (χ2n) is 3.36. The number of aliphatic imine (C=N–C) groups is 1. The van der Waals surface area contributed by atoms with E-state index in [1.165, 1.54) is 7.05 Å². The zero-order valence-electron chi connectivity index (χ0n) is 9.92. The fourth-order valence-electron chi connectivity index (χ4n) is 1.20. The minimum absolute atomic E-state index is 0.253. The van der Waals surface area contributed by atoms with Gasteiger partial charge >= 0.3 is 5.69 Å². The summed E-state index contributed by atoms with van der Waals surface area (Å²) in [6.45, 7) is 1.64. The summed E-state index contributed by atoms with van der Waals surface area (Å²) in [6, 6.07) is 0. The first-order valence-corrected chi connectivity index (χ1v) is 6.73. The molecule has 0 aliphatic carbocycles. The third kappa shape index (κ3) is 3.13. The summed E-state index contributed by atoms with van der Waals surface area (Å²) in [4.78, 5) is 18.3. The largest absolute Gasteiger partial charge is 0.363 e. The Labute approximate surface area is 103 Å². The minimum atomic E-state index is -3.86. The predicted octanol–water partition coefficient (Wildman–Crippen LogP) is 0.0403. The van der Waals surface area contributed by atoms with Crippen molar-refractivity contribution in [1.29, 1.82) is 0 Å². The van der Waals surface area contributed by atoms with Gasteiger partial charge in [0.15, 0.2) is 11.6 Å². The molecular formula is C9H13FN4O3S. The van der Waals surface area contributed by atoms with Gasteiger partial charge in [0.2, 0.25) is 10.0 Å². The van der Waals surface area contributed by atoms with Gasteiger partial charge < -0.3 is 5.32 Å².